The molecule has 126 valence electrons. The van der Waals surface area contributed by atoms with Gasteiger partial charge < -0.3 is 15.0 Å². The summed E-state index contributed by atoms with van der Waals surface area (Å²) >= 11 is 5.91. The number of rotatable bonds is 7. The van der Waals surface area contributed by atoms with Gasteiger partial charge >= 0.3 is 5.97 Å². The zero-order valence-corrected chi connectivity index (χ0v) is 14.4. The maximum Gasteiger partial charge on any atom is 0.305 e. The SMILES string of the molecule is COC(=O)CCCN(Cc1ccc(Cl)cc1)C(=O)C1(C)CCN1. The standard InChI is InChI=1S/C17H23ClN2O3/c1-17(9-10-19-17)16(22)20(11-3-4-15(21)23-2)12-13-5-7-14(18)8-6-13/h5-8,19H,3-4,9-12H2,1-2H3. The minimum absolute atomic E-state index is 0.0727. The monoisotopic (exact) mass is 338 g/mol. The van der Waals surface area contributed by atoms with E-state index in [1.807, 2.05) is 31.2 Å². The van der Waals surface area contributed by atoms with Crippen LogP contribution >= 0.6 is 11.6 Å². The average molecular weight is 339 g/mol. The summed E-state index contributed by atoms with van der Waals surface area (Å²) in [5.41, 5.74) is 0.529. The lowest BCUT2D eigenvalue weighted by molar-refractivity contribution is -0.143. The van der Waals surface area contributed by atoms with Crippen molar-refractivity contribution in [2.24, 2.45) is 0 Å². The Morgan fingerprint density at radius 2 is 2.00 bits per heavy atom. The van der Waals surface area contributed by atoms with E-state index in [9.17, 15) is 9.59 Å². The molecule has 0 aliphatic carbocycles. The van der Waals surface area contributed by atoms with Gasteiger partial charge in [0.25, 0.3) is 0 Å². The number of nitrogens with zero attached hydrogens (tertiary/aromatic N) is 1. The third kappa shape index (κ3) is 4.69. The quantitative estimate of drug-likeness (QED) is 0.775. The second kappa shape index (κ2) is 7.79. The molecule has 0 radical (unpaired) electrons. The number of esters is 1. The highest BCUT2D eigenvalue weighted by Crippen LogP contribution is 2.23. The maximum atomic E-state index is 12.8. The van der Waals surface area contributed by atoms with Gasteiger partial charge in [-0.25, -0.2) is 0 Å². The predicted octanol–water partition coefficient (Wildman–Crippen LogP) is 2.37. The third-order valence-electron chi connectivity index (χ3n) is 4.22. The summed E-state index contributed by atoms with van der Waals surface area (Å²) < 4.78 is 4.65. The number of benzene rings is 1. The van der Waals surface area contributed by atoms with Gasteiger partial charge in [0.15, 0.2) is 0 Å². The zero-order valence-electron chi connectivity index (χ0n) is 13.6. The molecule has 0 spiro atoms. The topological polar surface area (TPSA) is 58.6 Å². The number of nitrogens with one attached hydrogen (secondary N) is 1. The summed E-state index contributed by atoms with van der Waals surface area (Å²) in [5.74, 6) is -0.180. The molecule has 1 aromatic rings. The lowest BCUT2D eigenvalue weighted by Gasteiger charge is -2.42. The molecule has 1 heterocycles. The largest absolute Gasteiger partial charge is 0.469 e. The van der Waals surface area contributed by atoms with Crippen molar-refractivity contribution in [1.82, 2.24) is 10.2 Å². The van der Waals surface area contributed by atoms with E-state index in [4.69, 9.17) is 11.6 Å². The Morgan fingerprint density at radius 1 is 1.35 bits per heavy atom. The molecular formula is C17H23ClN2O3. The second-order valence-electron chi connectivity index (χ2n) is 6.04. The number of halogens is 1. The van der Waals surface area contributed by atoms with Gasteiger partial charge in [-0.2, -0.15) is 0 Å². The van der Waals surface area contributed by atoms with E-state index in [2.05, 4.69) is 10.1 Å². The fourth-order valence-electron chi connectivity index (χ4n) is 2.61. The molecule has 1 fully saturated rings. The van der Waals surface area contributed by atoms with Crippen LogP contribution in [0.25, 0.3) is 0 Å². The first-order valence-corrected chi connectivity index (χ1v) is 8.18. The van der Waals surface area contributed by atoms with Gasteiger partial charge in [-0.15, -0.1) is 0 Å². The first kappa shape index (κ1) is 17.8. The molecule has 0 aromatic heterocycles. The molecule has 0 saturated carbocycles. The van der Waals surface area contributed by atoms with Crippen LogP contribution < -0.4 is 5.32 Å². The lowest BCUT2D eigenvalue weighted by atomic mass is 9.88. The molecule has 1 aliphatic rings. The van der Waals surface area contributed by atoms with E-state index in [0.29, 0.717) is 31.0 Å². The Kier molecular flexibility index (Phi) is 6.02. The fraction of sp³-hybridized carbons (Fsp3) is 0.529. The van der Waals surface area contributed by atoms with Gasteiger partial charge in [0, 0.05) is 24.5 Å². The molecule has 5 nitrogen and oxygen atoms in total. The Labute approximate surface area is 141 Å². The number of methoxy groups -OCH3 is 1. The van der Waals surface area contributed by atoms with Gasteiger partial charge in [0.1, 0.15) is 0 Å². The lowest BCUT2D eigenvalue weighted by Crippen LogP contribution is -2.64. The van der Waals surface area contributed by atoms with Crippen LogP contribution in [0.3, 0.4) is 0 Å². The van der Waals surface area contributed by atoms with Crippen molar-refractivity contribution in [3.05, 3.63) is 34.9 Å². The van der Waals surface area contributed by atoms with Crippen molar-refractivity contribution in [1.29, 1.82) is 0 Å². The zero-order chi connectivity index (χ0) is 16.9. The summed E-state index contributed by atoms with van der Waals surface area (Å²) in [6.07, 6.45) is 1.73. The molecule has 0 bridgehead atoms. The second-order valence-corrected chi connectivity index (χ2v) is 6.48. The van der Waals surface area contributed by atoms with E-state index in [1.54, 1.807) is 4.90 Å². The number of hydrogen-bond acceptors (Lipinski definition) is 4. The van der Waals surface area contributed by atoms with Crippen molar-refractivity contribution in [3.63, 3.8) is 0 Å². The van der Waals surface area contributed by atoms with E-state index >= 15 is 0 Å². The molecule has 1 aromatic carbocycles. The van der Waals surface area contributed by atoms with Crippen molar-refractivity contribution < 1.29 is 14.3 Å². The Hall–Kier alpha value is -1.59. The number of ether oxygens (including phenoxy) is 1. The molecule has 1 amide bonds. The molecule has 2 rings (SSSR count). The minimum atomic E-state index is -0.488. The van der Waals surface area contributed by atoms with Crippen molar-refractivity contribution in [3.8, 4) is 0 Å². The first-order valence-electron chi connectivity index (χ1n) is 7.80. The number of amides is 1. The van der Waals surface area contributed by atoms with E-state index < -0.39 is 5.54 Å². The van der Waals surface area contributed by atoms with Crippen LogP contribution in [0, 0.1) is 0 Å². The van der Waals surface area contributed by atoms with Gasteiger partial charge in [-0.1, -0.05) is 23.7 Å². The number of hydrogen-bond donors (Lipinski definition) is 1. The molecule has 1 saturated heterocycles. The Morgan fingerprint density at radius 3 is 2.52 bits per heavy atom. The van der Waals surface area contributed by atoms with Gasteiger partial charge in [0.05, 0.1) is 12.6 Å². The van der Waals surface area contributed by atoms with E-state index in [0.717, 1.165) is 18.5 Å². The van der Waals surface area contributed by atoms with E-state index in [-0.39, 0.29) is 11.9 Å². The summed E-state index contributed by atoms with van der Waals surface area (Å²) in [6, 6.07) is 7.47. The van der Waals surface area contributed by atoms with Crippen molar-refractivity contribution >= 4 is 23.5 Å². The van der Waals surface area contributed by atoms with Gasteiger partial charge in [-0.05, 0) is 44.0 Å². The van der Waals surface area contributed by atoms with Crippen LogP contribution in [0.4, 0.5) is 0 Å². The average Bonchev–Trinajstić information content (AvgIpc) is 2.52. The van der Waals surface area contributed by atoms with Gasteiger partial charge in [0.2, 0.25) is 5.91 Å². The molecule has 1 N–H and O–H groups in total. The Balaban J connectivity index is 2.02. The Bertz CT molecular complexity index is 555. The first-order chi connectivity index (χ1) is 10.9. The van der Waals surface area contributed by atoms with Crippen LogP contribution in [-0.2, 0) is 20.9 Å². The molecule has 1 aliphatic heterocycles. The molecule has 6 heteroatoms. The highest BCUT2D eigenvalue weighted by atomic mass is 35.5. The van der Waals surface area contributed by atoms with Crippen LogP contribution in [0.15, 0.2) is 24.3 Å². The summed E-state index contributed by atoms with van der Waals surface area (Å²) in [4.78, 5) is 25.9. The highest BCUT2D eigenvalue weighted by Gasteiger charge is 2.41. The molecular weight excluding hydrogens is 316 g/mol. The van der Waals surface area contributed by atoms with Gasteiger partial charge in [-0.3, -0.25) is 9.59 Å². The summed E-state index contributed by atoms with van der Waals surface area (Å²) in [7, 11) is 1.37. The van der Waals surface area contributed by atoms with Crippen LogP contribution in [0.5, 0.6) is 0 Å². The van der Waals surface area contributed by atoms with E-state index in [1.165, 1.54) is 7.11 Å². The van der Waals surface area contributed by atoms with Crippen molar-refractivity contribution in [2.75, 3.05) is 20.2 Å². The number of carbonyl (C=O) groups excluding carboxylic acids is 2. The maximum absolute atomic E-state index is 12.8. The fourth-order valence-corrected chi connectivity index (χ4v) is 2.74. The van der Waals surface area contributed by atoms with Crippen LogP contribution in [0.2, 0.25) is 5.02 Å². The predicted molar refractivity (Wildman–Crippen MR) is 89.1 cm³/mol. The number of carbonyl (C=O) groups is 2. The molecule has 1 atom stereocenters. The van der Waals surface area contributed by atoms with Crippen LogP contribution in [0.1, 0.15) is 31.7 Å². The third-order valence-corrected chi connectivity index (χ3v) is 4.47. The molecule has 23 heavy (non-hydrogen) atoms. The smallest absolute Gasteiger partial charge is 0.305 e. The van der Waals surface area contributed by atoms with Crippen LogP contribution in [-0.4, -0.2) is 42.5 Å². The summed E-state index contributed by atoms with van der Waals surface area (Å²) in [5, 5.41) is 3.87. The highest BCUT2D eigenvalue weighted by molar-refractivity contribution is 6.30. The summed E-state index contributed by atoms with van der Waals surface area (Å²) in [6.45, 7) is 3.81. The molecule has 1 unspecified atom stereocenters. The normalized spacial score (nSPS) is 19.8. The van der Waals surface area contributed by atoms with Crippen molar-refractivity contribution in [2.45, 2.75) is 38.3 Å². The minimum Gasteiger partial charge on any atom is -0.469 e.